The predicted molar refractivity (Wildman–Crippen MR) is 98.7 cm³/mol. The summed E-state index contributed by atoms with van der Waals surface area (Å²) < 4.78 is 12.7. The molecule has 6 atom stereocenters. The van der Waals surface area contributed by atoms with Crippen molar-refractivity contribution >= 4 is 22.7 Å². The molecule has 3 fully saturated rings. The maximum atomic E-state index is 12.7. The molecule has 2 nitrogen and oxygen atoms in total. The van der Waals surface area contributed by atoms with Crippen LogP contribution in [0.2, 0.25) is 0 Å². The van der Waals surface area contributed by atoms with Crippen LogP contribution in [-0.2, 0) is 9.59 Å². The standard InChI is InChI=1S/C21H27FO2S/c1-20-9-7-14(23)11-13(20)3-4-15-16-5-6-18(19(24)25-12-22)21(16,2)10-8-17(15)20/h7,9,11,15-18H,3-6,8,10,12H2,1-2H3/t15-,16-,17-,18?,20-,21-/m0/s1. The number of alkyl halides is 1. The van der Waals surface area contributed by atoms with E-state index < -0.39 is 6.01 Å². The molecule has 0 spiro atoms. The molecule has 4 aliphatic carbocycles. The van der Waals surface area contributed by atoms with Crippen LogP contribution in [0.1, 0.15) is 52.4 Å². The maximum absolute atomic E-state index is 12.7. The maximum Gasteiger partial charge on any atom is 0.195 e. The van der Waals surface area contributed by atoms with Crippen LogP contribution in [0.25, 0.3) is 0 Å². The van der Waals surface area contributed by atoms with Crippen LogP contribution in [-0.4, -0.2) is 16.9 Å². The number of thioether (sulfide) groups is 1. The lowest BCUT2D eigenvalue weighted by atomic mass is 9.48. The van der Waals surface area contributed by atoms with Crippen molar-refractivity contribution in [3.8, 4) is 0 Å². The molecule has 0 amide bonds. The van der Waals surface area contributed by atoms with Gasteiger partial charge in [0, 0.05) is 11.3 Å². The highest BCUT2D eigenvalue weighted by Crippen LogP contribution is 2.66. The number of hydrogen-bond acceptors (Lipinski definition) is 3. The zero-order chi connectivity index (χ0) is 17.8. The van der Waals surface area contributed by atoms with Crippen LogP contribution in [0, 0.1) is 34.5 Å². The Labute approximate surface area is 153 Å². The van der Waals surface area contributed by atoms with E-state index in [0.29, 0.717) is 17.8 Å². The number of hydrogen-bond donors (Lipinski definition) is 0. The van der Waals surface area contributed by atoms with Crippen molar-refractivity contribution in [3.63, 3.8) is 0 Å². The van der Waals surface area contributed by atoms with Gasteiger partial charge in [0.15, 0.2) is 10.9 Å². The monoisotopic (exact) mass is 362 g/mol. The van der Waals surface area contributed by atoms with Crippen LogP contribution in [0.3, 0.4) is 0 Å². The molecular weight excluding hydrogens is 335 g/mol. The van der Waals surface area contributed by atoms with E-state index in [1.54, 1.807) is 6.08 Å². The minimum atomic E-state index is -0.604. The average molecular weight is 363 g/mol. The molecule has 4 aliphatic rings. The number of rotatable bonds is 2. The van der Waals surface area contributed by atoms with Gasteiger partial charge < -0.3 is 0 Å². The molecule has 3 saturated carbocycles. The molecule has 0 bridgehead atoms. The molecule has 25 heavy (non-hydrogen) atoms. The largest absolute Gasteiger partial charge is 0.290 e. The minimum Gasteiger partial charge on any atom is -0.290 e. The molecule has 136 valence electrons. The first kappa shape index (κ1) is 17.5. The Kier molecular flexibility index (Phi) is 4.25. The van der Waals surface area contributed by atoms with Crippen molar-refractivity contribution in [1.29, 1.82) is 0 Å². The SMILES string of the molecule is C[C@]12C=CC(=O)C=C1CC[C@@H]1[C@@H]2CC[C@]2(C)C(C(=O)SCF)CC[C@@H]12. The van der Waals surface area contributed by atoms with Gasteiger partial charge in [-0.15, -0.1) is 0 Å². The van der Waals surface area contributed by atoms with Gasteiger partial charge in [0.25, 0.3) is 0 Å². The molecule has 0 saturated heterocycles. The highest BCUT2D eigenvalue weighted by Gasteiger charge is 2.59. The summed E-state index contributed by atoms with van der Waals surface area (Å²) in [6, 6.07) is -0.604. The van der Waals surface area contributed by atoms with Crippen molar-refractivity contribution in [2.24, 2.45) is 34.5 Å². The highest BCUT2D eigenvalue weighted by atomic mass is 32.2. The Bertz CT molecular complexity index is 669. The number of allylic oxidation sites excluding steroid dienone is 4. The van der Waals surface area contributed by atoms with E-state index in [1.165, 1.54) is 5.57 Å². The van der Waals surface area contributed by atoms with E-state index in [0.717, 1.165) is 50.3 Å². The van der Waals surface area contributed by atoms with Gasteiger partial charge in [0.1, 0.15) is 6.01 Å². The zero-order valence-electron chi connectivity index (χ0n) is 15.1. The molecule has 0 aromatic carbocycles. The lowest BCUT2D eigenvalue weighted by Crippen LogP contribution is -2.50. The van der Waals surface area contributed by atoms with Crippen molar-refractivity contribution < 1.29 is 14.0 Å². The predicted octanol–water partition coefficient (Wildman–Crippen LogP) is 5.10. The van der Waals surface area contributed by atoms with Crippen LogP contribution < -0.4 is 0 Å². The molecule has 0 N–H and O–H groups in total. The normalized spacial score (nSPS) is 45.4. The molecule has 0 radical (unpaired) electrons. The molecule has 0 heterocycles. The summed E-state index contributed by atoms with van der Waals surface area (Å²) in [5.41, 5.74) is 1.35. The summed E-state index contributed by atoms with van der Waals surface area (Å²) in [6.45, 7) is 4.59. The minimum absolute atomic E-state index is 0.00788. The molecule has 0 aromatic heterocycles. The second-order valence-corrected chi connectivity index (χ2v) is 9.76. The van der Waals surface area contributed by atoms with Crippen LogP contribution in [0.15, 0.2) is 23.8 Å². The molecule has 4 rings (SSSR count). The Hall–Kier alpha value is -0.900. The van der Waals surface area contributed by atoms with E-state index in [2.05, 4.69) is 19.9 Å². The number of carbonyl (C=O) groups excluding carboxylic acids is 2. The Morgan fingerprint density at radius 3 is 2.80 bits per heavy atom. The van der Waals surface area contributed by atoms with Gasteiger partial charge in [-0.1, -0.05) is 37.3 Å². The summed E-state index contributed by atoms with van der Waals surface area (Å²) in [4.78, 5) is 24.3. The van der Waals surface area contributed by atoms with E-state index in [9.17, 15) is 14.0 Å². The van der Waals surface area contributed by atoms with Gasteiger partial charge in [-0.25, -0.2) is 4.39 Å². The van der Waals surface area contributed by atoms with Gasteiger partial charge in [0.2, 0.25) is 0 Å². The molecule has 4 heteroatoms. The first-order valence-electron chi connectivity index (χ1n) is 9.57. The number of halogens is 1. The lowest BCUT2D eigenvalue weighted by molar-refractivity contribution is -0.121. The Balaban J connectivity index is 1.62. The molecular formula is C21H27FO2S. The number of ketones is 1. The van der Waals surface area contributed by atoms with Crippen molar-refractivity contribution in [1.82, 2.24) is 0 Å². The molecule has 0 aliphatic heterocycles. The number of carbonyl (C=O) groups is 2. The van der Waals surface area contributed by atoms with Gasteiger partial charge in [-0.3, -0.25) is 9.59 Å². The smallest absolute Gasteiger partial charge is 0.195 e. The second-order valence-electron chi connectivity index (χ2n) is 8.85. The third-order valence-corrected chi connectivity index (χ3v) is 8.72. The second kappa shape index (κ2) is 6.07. The zero-order valence-corrected chi connectivity index (χ0v) is 15.9. The third kappa shape index (κ3) is 2.50. The van der Waals surface area contributed by atoms with Crippen molar-refractivity contribution in [3.05, 3.63) is 23.8 Å². The molecule has 0 aromatic rings. The van der Waals surface area contributed by atoms with Crippen molar-refractivity contribution in [2.45, 2.75) is 52.4 Å². The Morgan fingerprint density at radius 2 is 2.04 bits per heavy atom. The number of fused-ring (bicyclic) bond motifs is 5. The first-order chi connectivity index (χ1) is 11.9. The topological polar surface area (TPSA) is 34.1 Å². The summed E-state index contributed by atoms with van der Waals surface area (Å²) in [5, 5.41) is 0.0664. The highest BCUT2D eigenvalue weighted by molar-refractivity contribution is 8.13. The quantitative estimate of drug-likeness (QED) is 0.685. The van der Waals surface area contributed by atoms with E-state index in [-0.39, 0.29) is 27.6 Å². The Morgan fingerprint density at radius 1 is 1.24 bits per heavy atom. The summed E-state index contributed by atoms with van der Waals surface area (Å²) in [6.07, 6.45) is 12.1. The van der Waals surface area contributed by atoms with Crippen LogP contribution in [0.4, 0.5) is 4.39 Å². The summed E-state index contributed by atoms with van der Waals surface area (Å²) >= 11 is 0.867. The van der Waals surface area contributed by atoms with Gasteiger partial charge in [-0.05, 0) is 73.8 Å². The van der Waals surface area contributed by atoms with Gasteiger partial charge in [-0.2, -0.15) is 0 Å². The fraction of sp³-hybridized carbons (Fsp3) is 0.714. The van der Waals surface area contributed by atoms with Gasteiger partial charge in [0.05, 0.1) is 0 Å². The first-order valence-corrected chi connectivity index (χ1v) is 10.6. The van der Waals surface area contributed by atoms with Gasteiger partial charge >= 0.3 is 0 Å². The van der Waals surface area contributed by atoms with E-state index in [1.807, 2.05) is 6.08 Å². The fourth-order valence-electron chi connectivity index (χ4n) is 6.74. The average Bonchev–Trinajstić information content (AvgIpc) is 2.93. The summed E-state index contributed by atoms with van der Waals surface area (Å²) in [5.74, 6) is 1.89. The fourth-order valence-corrected chi connectivity index (χ4v) is 7.44. The van der Waals surface area contributed by atoms with Crippen LogP contribution in [0.5, 0.6) is 0 Å². The van der Waals surface area contributed by atoms with E-state index >= 15 is 0 Å². The van der Waals surface area contributed by atoms with E-state index in [4.69, 9.17) is 0 Å². The van der Waals surface area contributed by atoms with Crippen molar-refractivity contribution in [2.75, 3.05) is 6.01 Å². The summed E-state index contributed by atoms with van der Waals surface area (Å²) in [7, 11) is 0. The third-order valence-electron chi connectivity index (χ3n) is 8.04. The molecule has 1 unspecified atom stereocenters. The lowest BCUT2D eigenvalue weighted by Gasteiger charge is -2.56. The van der Waals surface area contributed by atoms with Crippen LogP contribution >= 0.6 is 11.8 Å².